The Balaban J connectivity index is 2.55. The summed E-state index contributed by atoms with van der Waals surface area (Å²) in [4.78, 5) is 15.9. The van der Waals surface area contributed by atoms with Crippen molar-refractivity contribution in [2.75, 3.05) is 6.61 Å². The average Bonchev–Trinajstić information content (AvgIpc) is 2.57. The lowest BCUT2D eigenvalue weighted by Crippen LogP contribution is -2.06. The van der Waals surface area contributed by atoms with Gasteiger partial charge in [-0.05, 0) is 26.0 Å². The van der Waals surface area contributed by atoms with Crippen LogP contribution >= 0.6 is 0 Å². The van der Waals surface area contributed by atoms with E-state index < -0.39 is 0 Å². The molecule has 2 heterocycles. The molecule has 0 radical (unpaired) electrons. The van der Waals surface area contributed by atoms with E-state index in [0.717, 1.165) is 5.69 Å². The first-order valence-electron chi connectivity index (χ1n) is 4.84. The molecule has 15 heavy (non-hydrogen) atoms. The van der Waals surface area contributed by atoms with Crippen molar-refractivity contribution in [1.29, 1.82) is 0 Å². The minimum atomic E-state index is -0.325. The Bertz CT molecular complexity index is 502. The number of carbonyl (C=O) groups excluding carboxylic acids is 1. The van der Waals surface area contributed by atoms with E-state index in [1.54, 1.807) is 19.1 Å². The summed E-state index contributed by atoms with van der Waals surface area (Å²) in [6.07, 6.45) is 3.73. The number of hydrogen-bond acceptors (Lipinski definition) is 3. The summed E-state index contributed by atoms with van der Waals surface area (Å²) in [5.74, 6) is -0.325. The molecule has 0 aromatic carbocycles. The summed E-state index contributed by atoms with van der Waals surface area (Å²) in [5, 5.41) is 0. The quantitative estimate of drug-likeness (QED) is 0.701. The summed E-state index contributed by atoms with van der Waals surface area (Å²) in [6.45, 7) is 4.05. The number of hydrogen-bond donors (Lipinski definition) is 0. The number of carbonyl (C=O) groups is 1. The third-order valence-corrected chi connectivity index (χ3v) is 2.10. The maximum atomic E-state index is 11.6. The highest BCUT2D eigenvalue weighted by molar-refractivity contribution is 5.95. The maximum Gasteiger partial charge on any atom is 0.341 e. The van der Waals surface area contributed by atoms with Crippen LogP contribution in [-0.4, -0.2) is 22.0 Å². The molecule has 0 amide bonds. The van der Waals surface area contributed by atoms with Crippen molar-refractivity contribution < 1.29 is 9.53 Å². The van der Waals surface area contributed by atoms with Crippen LogP contribution in [0.3, 0.4) is 0 Å². The normalized spacial score (nSPS) is 10.5. The Morgan fingerprint density at radius 3 is 3.13 bits per heavy atom. The Morgan fingerprint density at radius 1 is 1.60 bits per heavy atom. The molecule has 0 unspecified atom stereocenters. The molecule has 0 fully saturated rings. The molecule has 2 aromatic rings. The van der Waals surface area contributed by atoms with E-state index in [2.05, 4.69) is 4.98 Å². The molecule has 2 rings (SSSR count). The molecule has 4 heteroatoms. The molecule has 0 saturated carbocycles. The van der Waals surface area contributed by atoms with E-state index in [9.17, 15) is 4.79 Å². The zero-order valence-corrected chi connectivity index (χ0v) is 8.73. The van der Waals surface area contributed by atoms with E-state index in [1.807, 2.05) is 23.7 Å². The number of aromatic nitrogens is 2. The average molecular weight is 204 g/mol. The fourth-order valence-corrected chi connectivity index (χ4v) is 1.50. The van der Waals surface area contributed by atoms with Gasteiger partial charge in [0.05, 0.1) is 12.3 Å². The van der Waals surface area contributed by atoms with Gasteiger partial charge in [-0.1, -0.05) is 0 Å². The van der Waals surface area contributed by atoms with Crippen LogP contribution in [0.25, 0.3) is 5.65 Å². The van der Waals surface area contributed by atoms with Crippen molar-refractivity contribution >= 4 is 11.6 Å². The minimum absolute atomic E-state index is 0.325. The molecular weight excluding hydrogens is 192 g/mol. The van der Waals surface area contributed by atoms with Crippen LogP contribution in [0.15, 0.2) is 24.5 Å². The van der Waals surface area contributed by atoms with Gasteiger partial charge in [0, 0.05) is 12.4 Å². The smallest absolute Gasteiger partial charge is 0.341 e. The number of esters is 1. The third-order valence-electron chi connectivity index (χ3n) is 2.10. The molecule has 0 N–H and O–H groups in total. The van der Waals surface area contributed by atoms with Gasteiger partial charge in [0.15, 0.2) is 5.65 Å². The molecule has 0 saturated heterocycles. The number of nitrogens with zero attached hydrogens (tertiary/aromatic N) is 2. The van der Waals surface area contributed by atoms with Crippen LogP contribution in [0.2, 0.25) is 0 Å². The van der Waals surface area contributed by atoms with Gasteiger partial charge in [0.1, 0.15) is 5.56 Å². The van der Waals surface area contributed by atoms with Gasteiger partial charge in [-0.25, -0.2) is 9.78 Å². The molecular formula is C11H12N2O2. The molecule has 0 bridgehead atoms. The Labute approximate surface area is 87.5 Å². The lowest BCUT2D eigenvalue weighted by Gasteiger charge is -2.02. The van der Waals surface area contributed by atoms with Crippen LogP contribution in [-0.2, 0) is 4.74 Å². The monoisotopic (exact) mass is 204 g/mol. The van der Waals surface area contributed by atoms with E-state index in [0.29, 0.717) is 17.8 Å². The summed E-state index contributed by atoms with van der Waals surface area (Å²) < 4.78 is 6.77. The van der Waals surface area contributed by atoms with E-state index >= 15 is 0 Å². The highest BCUT2D eigenvalue weighted by Crippen LogP contribution is 2.11. The van der Waals surface area contributed by atoms with Crippen LogP contribution < -0.4 is 0 Å². The van der Waals surface area contributed by atoms with Crippen LogP contribution in [0.1, 0.15) is 23.0 Å². The van der Waals surface area contributed by atoms with Crippen LogP contribution in [0.4, 0.5) is 0 Å². The highest BCUT2D eigenvalue weighted by atomic mass is 16.5. The fourth-order valence-electron chi connectivity index (χ4n) is 1.50. The van der Waals surface area contributed by atoms with Crippen molar-refractivity contribution in [3.8, 4) is 0 Å². The number of pyridine rings is 1. The predicted molar refractivity (Wildman–Crippen MR) is 55.9 cm³/mol. The largest absolute Gasteiger partial charge is 0.462 e. The van der Waals surface area contributed by atoms with Gasteiger partial charge in [-0.15, -0.1) is 0 Å². The molecule has 4 nitrogen and oxygen atoms in total. The topological polar surface area (TPSA) is 43.6 Å². The second-order valence-electron chi connectivity index (χ2n) is 3.26. The summed E-state index contributed by atoms with van der Waals surface area (Å²) >= 11 is 0. The Kier molecular flexibility index (Phi) is 2.41. The van der Waals surface area contributed by atoms with Crippen molar-refractivity contribution in [3.05, 3.63) is 35.8 Å². The highest BCUT2D eigenvalue weighted by Gasteiger charge is 2.12. The van der Waals surface area contributed by atoms with E-state index in [1.165, 1.54) is 0 Å². The van der Waals surface area contributed by atoms with Crippen LogP contribution in [0.5, 0.6) is 0 Å². The van der Waals surface area contributed by atoms with Gasteiger partial charge >= 0.3 is 5.97 Å². The first-order chi connectivity index (χ1) is 7.22. The van der Waals surface area contributed by atoms with E-state index in [-0.39, 0.29) is 5.97 Å². The molecule has 0 spiro atoms. The molecule has 0 atom stereocenters. The maximum absolute atomic E-state index is 11.6. The van der Waals surface area contributed by atoms with Gasteiger partial charge < -0.3 is 9.14 Å². The number of imidazole rings is 1. The standard InChI is InChI=1S/C11H12N2O2/c1-3-15-11(14)9-5-4-6-13-7-8(2)12-10(9)13/h4-7H,3H2,1-2H3. The first kappa shape index (κ1) is 9.71. The lowest BCUT2D eigenvalue weighted by atomic mass is 10.3. The number of aryl methyl sites for hydroxylation is 1. The predicted octanol–water partition coefficient (Wildman–Crippen LogP) is 1.82. The molecule has 0 aliphatic carbocycles. The Morgan fingerprint density at radius 2 is 2.40 bits per heavy atom. The zero-order chi connectivity index (χ0) is 10.8. The molecule has 2 aromatic heterocycles. The lowest BCUT2D eigenvalue weighted by molar-refractivity contribution is 0.0528. The number of fused-ring (bicyclic) bond motifs is 1. The van der Waals surface area contributed by atoms with Crippen LogP contribution in [0, 0.1) is 6.92 Å². The van der Waals surface area contributed by atoms with Crippen molar-refractivity contribution in [3.63, 3.8) is 0 Å². The SMILES string of the molecule is CCOC(=O)c1cccn2cc(C)nc12. The molecule has 0 aliphatic rings. The van der Waals surface area contributed by atoms with Crippen molar-refractivity contribution in [2.24, 2.45) is 0 Å². The minimum Gasteiger partial charge on any atom is -0.462 e. The Hall–Kier alpha value is -1.84. The van der Waals surface area contributed by atoms with Gasteiger partial charge in [0.25, 0.3) is 0 Å². The molecule has 78 valence electrons. The number of rotatable bonds is 2. The third kappa shape index (κ3) is 1.70. The van der Waals surface area contributed by atoms with Crippen molar-refractivity contribution in [1.82, 2.24) is 9.38 Å². The van der Waals surface area contributed by atoms with E-state index in [4.69, 9.17) is 4.74 Å². The van der Waals surface area contributed by atoms with Crippen molar-refractivity contribution in [2.45, 2.75) is 13.8 Å². The van der Waals surface area contributed by atoms with Gasteiger partial charge in [0.2, 0.25) is 0 Å². The zero-order valence-electron chi connectivity index (χ0n) is 8.73. The van der Waals surface area contributed by atoms with Gasteiger partial charge in [-0.3, -0.25) is 0 Å². The first-order valence-corrected chi connectivity index (χ1v) is 4.84. The summed E-state index contributed by atoms with van der Waals surface area (Å²) in [7, 11) is 0. The summed E-state index contributed by atoms with van der Waals surface area (Å²) in [6, 6.07) is 3.53. The van der Waals surface area contributed by atoms with Gasteiger partial charge in [-0.2, -0.15) is 0 Å². The molecule has 0 aliphatic heterocycles. The second kappa shape index (κ2) is 3.73. The summed E-state index contributed by atoms with van der Waals surface area (Å²) in [5.41, 5.74) is 2.03. The fraction of sp³-hybridized carbons (Fsp3) is 0.273. The number of ether oxygens (including phenoxy) is 1. The second-order valence-corrected chi connectivity index (χ2v) is 3.26.